The first-order chi connectivity index (χ1) is 12.7. The number of anilines is 1. The van der Waals surface area contributed by atoms with E-state index in [9.17, 15) is 18.0 Å². The normalized spacial score (nSPS) is 12.4. The molecule has 0 aromatic heterocycles. The van der Waals surface area contributed by atoms with Gasteiger partial charge in [0, 0.05) is 11.3 Å². The number of rotatable bonds is 7. The monoisotopic (exact) mass is 389 g/mol. The Bertz CT molecular complexity index is 894. The summed E-state index contributed by atoms with van der Waals surface area (Å²) in [6.45, 7) is 3.79. The van der Waals surface area contributed by atoms with Crippen LogP contribution in [-0.4, -0.2) is 26.3 Å². The molecule has 0 aliphatic rings. The molecule has 0 aliphatic carbocycles. The average Bonchev–Trinajstić information content (AvgIpc) is 2.62. The van der Waals surface area contributed by atoms with Gasteiger partial charge >= 0.3 is 0 Å². The molecule has 7 nitrogen and oxygen atoms in total. The van der Waals surface area contributed by atoms with Crippen molar-refractivity contribution in [1.29, 1.82) is 0 Å². The minimum Gasteiger partial charge on any atom is -0.322 e. The number of sulfonamides is 1. The van der Waals surface area contributed by atoms with Crippen molar-refractivity contribution in [3.05, 3.63) is 60.2 Å². The van der Waals surface area contributed by atoms with Gasteiger partial charge in [0.25, 0.3) is 21.8 Å². The zero-order valence-corrected chi connectivity index (χ0v) is 16.0. The molecule has 0 unspecified atom stereocenters. The van der Waals surface area contributed by atoms with Gasteiger partial charge in [-0.25, -0.2) is 13.1 Å². The first kappa shape index (κ1) is 20.6. The Morgan fingerprint density at radius 1 is 1.00 bits per heavy atom. The minimum atomic E-state index is -4.03. The van der Waals surface area contributed by atoms with Crippen LogP contribution in [0.5, 0.6) is 0 Å². The molecule has 0 saturated carbocycles. The van der Waals surface area contributed by atoms with Crippen LogP contribution in [0.1, 0.15) is 30.6 Å². The van der Waals surface area contributed by atoms with Crippen LogP contribution in [0.3, 0.4) is 0 Å². The predicted molar refractivity (Wildman–Crippen MR) is 104 cm³/mol. The lowest BCUT2D eigenvalue weighted by atomic mass is 10.0. The predicted octanol–water partition coefficient (Wildman–Crippen LogP) is 2.12. The van der Waals surface area contributed by atoms with Crippen molar-refractivity contribution in [2.24, 2.45) is 11.7 Å². The van der Waals surface area contributed by atoms with Crippen molar-refractivity contribution < 1.29 is 18.0 Å². The molecule has 2 amide bonds. The van der Waals surface area contributed by atoms with E-state index in [1.165, 1.54) is 24.3 Å². The molecule has 8 heteroatoms. The van der Waals surface area contributed by atoms with E-state index < -0.39 is 22.0 Å². The van der Waals surface area contributed by atoms with Gasteiger partial charge in [-0.2, -0.15) is 0 Å². The number of benzene rings is 2. The van der Waals surface area contributed by atoms with Crippen molar-refractivity contribution in [3.8, 4) is 0 Å². The first-order valence-corrected chi connectivity index (χ1v) is 9.96. The molecule has 4 N–H and O–H groups in total. The van der Waals surface area contributed by atoms with E-state index in [1.54, 1.807) is 30.3 Å². The van der Waals surface area contributed by atoms with E-state index in [0.717, 1.165) is 0 Å². The lowest BCUT2D eigenvalue weighted by Crippen LogP contribution is -2.43. The maximum absolute atomic E-state index is 12.3. The largest absolute Gasteiger partial charge is 0.322 e. The minimum absolute atomic E-state index is 0.0923. The maximum Gasteiger partial charge on any atom is 0.264 e. The van der Waals surface area contributed by atoms with Crippen LogP contribution in [0, 0.1) is 5.92 Å². The van der Waals surface area contributed by atoms with E-state index in [0.29, 0.717) is 17.7 Å². The zero-order valence-electron chi connectivity index (χ0n) is 15.2. The Balaban J connectivity index is 2.05. The number of hydrogen-bond donors (Lipinski definition) is 3. The smallest absolute Gasteiger partial charge is 0.264 e. The van der Waals surface area contributed by atoms with Crippen LogP contribution in [0.2, 0.25) is 0 Å². The van der Waals surface area contributed by atoms with Crippen LogP contribution >= 0.6 is 0 Å². The van der Waals surface area contributed by atoms with Gasteiger partial charge in [-0.05, 0) is 48.7 Å². The molecule has 0 bridgehead atoms. The van der Waals surface area contributed by atoms with E-state index >= 15 is 0 Å². The van der Waals surface area contributed by atoms with Crippen LogP contribution in [0.15, 0.2) is 59.5 Å². The standard InChI is InChI=1S/C19H23N3O4S/c1-13(2)12-17(20)19(24)22-27(25,26)16-10-8-15(9-11-16)21-18(23)14-6-4-3-5-7-14/h3-11,13,17H,12,20H2,1-2H3,(H,21,23)(H,22,24)/t17-/m0/s1. The summed E-state index contributed by atoms with van der Waals surface area (Å²) in [5, 5.41) is 2.68. The second-order valence-corrected chi connectivity index (χ2v) is 8.23. The summed E-state index contributed by atoms with van der Waals surface area (Å²) in [5.74, 6) is -0.884. The van der Waals surface area contributed by atoms with Gasteiger partial charge in [0.15, 0.2) is 0 Å². The number of nitrogens with one attached hydrogen (secondary N) is 2. The van der Waals surface area contributed by atoms with Crippen LogP contribution < -0.4 is 15.8 Å². The molecular weight excluding hydrogens is 366 g/mol. The van der Waals surface area contributed by atoms with Crippen LogP contribution in [-0.2, 0) is 14.8 Å². The first-order valence-electron chi connectivity index (χ1n) is 8.48. The Hall–Kier alpha value is -2.71. The van der Waals surface area contributed by atoms with Crippen LogP contribution in [0.25, 0.3) is 0 Å². The maximum atomic E-state index is 12.3. The molecule has 0 saturated heterocycles. The third-order valence-corrected chi connectivity index (χ3v) is 5.12. The SMILES string of the molecule is CC(C)C[C@H](N)C(=O)NS(=O)(=O)c1ccc(NC(=O)c2ccccc2)cc1. The summed E-state index contributed by atoms with van der Waals surface area (Å²) in [6.07, 6.45) is 0.381. The van der Waals surface area contributed by atoms with Crippen molar-refractivity contribution >= 4 is 27.5 Å². The van der Waals surface area contributed by atoms with Gasteiger partial charge < -0.3 is 11.1 Å². The summed E-state index contributed by atoms with van der Waals surface area (Å²) in [4.78, 5) is 24.0. The molecule has 144 valence electrons. The number of amides is 2. The summed E-state index contributed by atoms with van der Waals surface area (Å²) in [6, 6.07) is 13.3. The highest BCUT2D eigenvalue weighted by Crippen LogP contribution is 2.15. The van der Waals surface area contributed by atoms with Gasteiger partial charge in [0.1, 0.15) is 0 Å². The highest BCUT2D eigenvalue weighted by molar-refractivity contribution is 7.90. The highest BCUT2D eigenvalue weighted by Gasteiger charge is 2.22. The average molecular weight is 389 g/mol. The van der Waals surface area contributed by atoms with Crippen molar-refractivity contribution in [2.75, 3.05) is 5.32 Å². The molecule has 0 radical (unpaired) electrons. The number of hydrogen-bond acceptors (Lipinski definition) is 5. The Kier molecular flexibility index (Phi) is 6.70. The summed E-state index contributed by atoms with van der Waals surface area (Å²) in [5.41, 5.74) is 6.64. The number of nitrogens with two attached hydrogens (primary N) is 1. The van der Waals surface area contributed by atoms with Crippen molar-refractivity contribution in [1.82, 2.24) is 4.72 Å². The fraction of sp³-hybridized carbons (Fsp3) is 0.263. The van der Waals surface area contributed by atoms with E-state index in [-0.39, 0.29) is 16.7 Å². The third-order valence-electron chi connectivity index (χ3n) is 3.76. The van der Waals surface area contributed by atoms with Gasteiger partial charge in [-0.1, -0.05) is 32.0 Å². The number of carbonyl (C=O) groups excluding carboxylic acids is 2. The second kappa shape index (κ2) is 8.79. The van der Waals surface area contributed by atoms with E-state index in [2.05, 4.69) is 5.32 Å². The summed E-state index contributed by atoms with van der Waals surface area (Å²) >= 11 is 0. The zero-order chi connectivity index (χ0) is 20.0. The fourth-order valence-electron chi connectivity index (χ4n) is 2.39. The molecule has 2 aromatic rings. The quantitative estimate of drug-likeness (QED) is 0.670. The molecule has 0 fully saturated rings. The highest BCUT2D eigenvalue weighted by atomic mass is 32.2. The summed E-state index contributed by atoms with van der Waals surface area (Å²) in [7, 11) is -4.03. The van der Waals surface area contributed by atoms with Gasteiger partial charge in [-0.15, -0.1) is 0 Å². The molecule has 2 aromatic carbocycles. The Morgan fingerprint density at radius 2 is 1.59 bits per heavy atom. The Morgan fingerprint density at radius 3 is 2.15 bits per heavy atom. The molecule has 27 heavy (non-hydrogen) atoms. The third kappa shape index (κ3) is 5.90. The van der Waals surface area contributed by atoms with Gasteiger partial charge in [-0.3, -0.25) is 9.59 Å². The molecule has 2 rings (SSSR count). The molecule has 1 atom stereocenters. The van der Waals surface area contributed by atoms with E-state index in [1.807, 2.05) is 18.6 Å². The molecular formula is C19H23N3O4S. The molecule has 0 spiro atoms. The summed E-state index contributed by atoms with van der Waals surface area (Å²) < 4.78 is 26.6. The van der Waals surface area contributed by atoms with Crippen LogP contribution in [0.4, 0.5) is 5.69 Å². The molecule has 0 aliphatic heterocycles. The lowest BCUT2D eigenvalue weighted by molar-refractivity contribution is -0.120. The van der Waals surface area contributed by atoms with Crippen molar-refractivity contribution in [3.63, 3.8) is 0 Å². The van der Waals surface area contributed by atoms with Gasteiger partial charge in [0.2, 0.25) is 0 Å². The topological polar surface area (TPSA) is 118 Å². The lowest BCUT2D eigenvalue weighted by Gasteiger charge is -2.14. The molecule has 0 heterocycles. The Labute approximate surface area is 159 Å². The second-order valence-electron chi connectivity index (χ2n) is 6.55. The fourth-order valence-corrected chi connectivity index (χ4v) is 3.42. The number of carbonyl (C=O) groups is 2. The van der Waals surface area contributed by atoms with E-state index in [4.69, 9.17) is 5.73 Å². The van der Waals surface area contributed by atoms with Crippen molar-refractivity contribution in [2.45, 2.75) is 31.2 Å². The van der Waals surface area contributed by atoms with Gasteiger partial charge in [0.05, 0.1) is 10.9 Å².